The van der Waals surface area contributed by atoms with Crippen molar-refractivity contribution in [2.45, 2.75) is 45.8 Å². The molecule has 0 saturated heterocycles. The van der Waals surface area contributed by atoms with Crippen LogP contribution in [-0.4, -0.2) is 17.1 Å². The molecule has 0 spiro atoms. The molecule has 5 heteroatoms. The Balaban J connectivity index is 1.95. The van der Waals surface area contributed by atoms with Gasteiger partial charge in [0.2, 0.25) is 0 Å². The van der Waals surface area contributed by atoms with Gasteiger partial charge < -0.3 is 15.7 Å². The molecule has 3 N–H and O–H groups in total. The molecule has 1 saturated carbocycles. The van der Waals surface area contributed by atoms with E-state index in [-0.39, 0.29) is 18.5 Å². The molecule has 1 aliphatic carbocycles. The van der Waals surface area contributed by atoms with Crippen LogP contribution in [0.4, 0.5) is 4.39 Å². The molecule has 3 unspecified atom stereocenters. The van der Waals surface area contributed by atoms with Crippen LogP contribution in [0.3, 0.4) is 0 Å². The van der Waals surface area contributed by atoms with Gasteiger partial charge in [-0.3, -0.25) is 0 Å². The fourth-order valence-electron chi connectivity index (χ4n) is 2.74. The lowest BCUT2D eigenvalue weighted by Crippen LogP contribution is -2.26. The average molecular weight is 294 g/mol. The van der Waals surface area contributed by atoms with E-state index in [4.69, 9.17) is 15.7 Å². The molecule has 0 amide bonds. The highest BCUT2D eigenvalue weighted by Crippen LogP contribution is 2.31. The van der Waals surface area contributed by atoms with Gasteiger partial charge in [0.25, 0.3) is 0 Å². The first-order chi connectivity index (χ1) is 10.0. The molecular weight excluding hydrogens is 271 g/mol. The number of amidine groups is 1. The summed E-state index contributed by atoms with van der Waals surface area (Å²) in [4.78, 5) is 0. The largest absolute Gasteiger partial charge is 0.409 e. The summed E-state index contributed by atoms with van der Waals surface area (Å²) < 4.78 is 19.8. The molecule has 1 aliphatic rings. The molecule has 21 heavy (non-hydrogen) atoms. The number of nitrogens with zero attached hydrogens (tertiary/aromatic N) is 1. The maximum atomic E-state index is 14.0. The summed E-state index contributed by atoms with van der Waals surface area (Å²) in [6.07, 6.45) is 3.44. The molecule has 2 rings (SSSR count). The van der Waals surface area contributed by atoms with E-state index in [0.29, 0.717) is 17.0 Å². The zero-order chi connectivity index (χ0) is 15.4. The lowest BCUT2D eigenvalue weighted by molar-refractivity contribution is -0.00845. The topological polar surface area (TPSA) is 67.8 Å². The molecule has 0 aromatic heterocycles. The predicted molar refractivity (Wildman–Crippen MR) is 79.7 cm³/mol. The van der Waals surface area contributed by atoms with E-state index in [1.54, 1.807) is 12.1 Å². The van der Waals surface area contributed by atoms with Crippen molar-refractivity contribution < 1.29 is 14.3 Å². The third-order valence-corrected chi connectivity index (χ3v) is 4.48. The quantitative estimate of drug-likeness (QED) is 0.387. The molecule has 0 heterocycles. The van der Waals surface area contributed by atoms with Gasteiger partial charge in [-0.25, -0.2) is 4.39 Å². The monoisotopic (exact) mass is 294 g/mol. The van der Waals surface area contributed by atoms with Crippen LogP contribution in [-0.2, 0) is 11.3 Å². The number of benzene rings is 1. The molecule has 1 aromatic rings. The van der Waals surface area contributed by atoms with Gasteiger partial charge in [-0.2, -0.15) is 0 Å². The number of halogens is 1. The van der Waals surface area contributed by atoms with Gasteiger partial charge in [0.15, 0.2) is 5.84 Å². The maximum absolute atomic E-state index is 14.0. The van der Waals surface area contributed by atoms with E-state index in [0.717, 1.165) is 25.2 Å². The van der Waals surface area contributed by atoms with Gasteiger partial charge in [0.1, 0.15) is 5.82 Å². The molecule has 0 bridgehead atoms. The first-order valence-electron chi connectivity index (χ1n) is 7.39. The normalized spacial score (nSPS) is 26.8. The van der Waals surface area contributed by atoms with Crippen molar-refractivity contribution in [3.63, 3.8) is 0 Å². The van der Waals surface area contributed by atoms with Gasteiger partial charge in [-0.1, -0.05) is 31.1 Å². The van der Waals surface area contributed by atoms with Crippen LogP contribution in [0.25, 0.3) is 0 Å². The zero-order valence-corrected chi connectivity index (χ0v) is 12.6. The Labute approximate surface area is 124 Å². The van der Waals surface area contributed by atoms with Crippen molar-refractivity contribution in [1.29, 1.82) is 0 Å². The highest BCUT2D eigenvalue weighted by molar-refractivity contribution is 5.97. The predicted octanol–water partition coefficient (Wildman–Crippen LogP) is 3.26. The number of ether oxygens (including phenoxy) is 1. The van der Waals surface area contributed by atoms with E-state index in [2.05, 4.69) is 19.0 Å². The van der Waals surface area contributed by atoms with Crippen LogP contribution >= 0.6 is 0 Å². The van der Waals surface area contributed by atoms with Gasteiger partial charge in [-0.15, -0.1) is 0 Å². The first-order valence-corrected chi connectivity index (χ1v) is 7.39. The van der Waals surface area contributed by atoms with Crippen molar-refractivity contribution >= 4 is 5.84 Å². The minimum Gasteiger partial charge on any atom is -0.409 e. The second kappa shape index (κ2) is 6.89. The molecule has 1 aromatic carbocycles. The van der Waals surface area contributed by atoms with Crippen molar-refractivity contribution in [2.24, 2.45) is 22.7 Å². The Morgan fingerprint density at radius 3 is 2.76 bits per heavy atom. The summed E-state index contributed by atoms with van der Waals surface area (Å²) in [5.74, 6) is 0.894. The third-order valence-electron chi connectivity index (χ3n) is 4.48. The Hall–Kier alpha value is -1.62. The summed E-state index contributed by atoms with van der Waals surface area (Å²) in [5, 5.41) is 11.4. The second-order valence-electron chi connectivity index (χ2n) is 5.99. The van der Waals surface area contributed by atoms with Crippen LogP contribution in [0.5, 0.6) is 0 Å². The Morgan fingerprint density at radius 2 is 2.14 bits per heavy atom. The Bertz CT molecular complexity index is 519. The van der Waals surface area contributed by atoms with Crippen LogP contribution < -0.4 is 5.73 Å². The van der Waals surface area contributed by atoms with Crippen molar-refractivity contribution in [3.05, 3.63) is 35.1 Å². The molecule has 3 atom stereocenters. The van der Waals surface area contributed by atoms with E-state index >= 15 is 0 Å². The number of nitrogens with two attached hydrogens (primary N) is 1. The summed E-state index contributed by atoms with van der Waals surface area (Å²) in [7, 11) is 0. The fraction of sp³-hybridized carbons (Fsp3) is 0.562. The van der Waals surface area contributed by atoms with Crippen molar-refractivity contribution in [3.8, 4) is 0 Å². The summed E-state index contributed by atoms with van der Waals surface area (Å²) in [6, 6.07) is 4.51. The van der Waals surface area contributed by atoms with Crippen LogP contribution in [0, 0.1) is 17.7 Å². The summed E-state index contributed by atoms with van der Waals surface area (Å²) >= 11 is 0. The lowest BCUT2D eigenvalue weighted by atomic mass is 9.80. The number of oxime groups is 1. The standard InChI is InChI=1S/C16H23FN2O2/c1-10-3-6-14(7-11(10)2)21-9-13-5-4-12(8-15(13)17)16(18)19-20/h4-5,8,10-11,14,20H,3,6-7,9H2,1-2H3,(H2,18,19). The summed E-state index contributed by atoms with van der Waals surface area (Å²) in [5.41, 5.74) is 6.29. The SMILES string of the molecule is CC1CCC(OCc2ccc(C(N)=NO)cc2F)CC1C. The molecule has 1 fully saturated rings. The fourth-order valence-corrected chi connectivity index (χ4v) is 2.74. The minimum absolute atomic E-state index is 0.100. The number of hydrogen-bond acceptors (Lipinski definition) is 3. The van der Waals surface area contributed by atoms with Crippen LogP contribution in [0.2, 0.25) is 0 Å². The van der Waals surface area contributed by atoms with Crippen LogP contribution in [0.15, 0.2) is 23.4 Å². The molecule has 0 radical (unpaired) electrons. The van der Waals surface area contributed by atoms with Gasteiger partial charge in [0, 0.05) is 11.1 Å². The first kappa shape index (κ1) is 15.8. The number of hydrogen-bond donors (Lipinski definition) is 2. The van der Waals surface area contributed by atoms with Gasteiger partial charge in [-0.05, 0) is 37.2 Å². The smallest absolute Gasteiger partial charge is 0.170 e. The third kappa shape index (κ3) is 3.94. The highest BCUT2D eigenvalue weighted by atomic mass is 19.1. The van der Waals surface area contributed by atoms with E-state index in [1.165, 1.54) is 6.07 Å². The minimum atomic E-state index is -0.392. The Morgan fingerprint density at radius 1 is 1.38 bits per heavy atom. The molecule has 116 valence electrons. The van der Waals surface area contributed by atoms with Gasteiger partial charge >= 0.3 is 0 Å². The molecule has 0 aliphatic heterocycles. The van der Waals surface area contributed by atoms with E-state index in [1.807, 2.05) is 0 Å². The van der Waals surface area contributed by atoms with E-state index < -0.39 is 5.82 Å². The maximum Gasteiger partial charge on any atom is 0.170 e. The van der Waals surface area contributed by atoms with Crippen molar-refractivity contribution in [2.75, 3.05) is 0 Å². The lowest BCUT2D eigenvalue weighted by Gasteiger charge is -2.32. The zero-order valence-electron chi connectivity index (χ0n) is 12.6. The Kier molecular flexibility index (Phi) is 5.17. The highest BCUT2D eigenvalue weighted by Gasteiger charge is 2.25. The molecular formula is C16H23FN2O2. The number of rotatable bonds is 4. The van der Waals surface area contributed by atoms with Gasteiger partial charge in [0.05, 0.1) is 12.7 Å². The summed E-state index contributed by atoms with van der Waals surface area (Å²) in [6.45, 7) is 4.77. The molecule has 4 nitrogen and oxygen atoms in total. The van der Waals surface area contributed by atoms with Crippen molar-refractivity contribution in [1.82, 2.24) is 0 Å². The van der Waals surface area contributed by atoms with Crippen LogP contribution in [0.1, 0.15) is 44.2 Å². The second-order valence-corrected chi connectivity index (χ2v) is 5.99. The average Bonchev–Trinajstić information content (AvgIpc) is 2.48. The van der Waals surface area contributed by atoms with E-state index in [9.17, 15) is 4.39 Å².